The number of nitrogens with zero attached hydrogens (tertiary/aromatic N) is 2. The lowest BCUT2D eigenvalue weighted by atomic mass is 10.1. The summed E-state index contributed by atoms with van der Waals surface area (Å²) in [5.74, 6) is 0.364. The van der Waals surface area contributed by atoms with E-state index in [0.29, 0.717) is 22.7 Å². The Morgan fingerprint density at radius 1 is 1.25 bits per heavy atom. The number of hydrogen-bond acceptors (Lipinski definition) is 5. The number of amides is 1. The average Bonchev–Trinajstić information content (AvgIpc) is 2.41. The van der Waals surface area contributed by atoms with E-state index >= 15 is 0 Å². The first-order chi connectivity index (χ1) is 9.49. The van der Waals surface area contributed by atoms with Crippen molar-refractivity contribution in [3.8, 4) is 11.6 Å². The quantitative estimate of drug-likeness (QED) is 0.894. The van der Waals surface area contributed by atoms with Gasteiger partial charge in [-0.3, -0.25) is 10.1 Å². The zero-order valence-electron chi connectivity index (χ0n) is 11.5. The number of carbonyl (C=O) groups excluding carboxylic acids is 1. The molecule has 0 aliphatic heterocycles. The molecule has 0 saturated heterocycles. The van der Waals surface area contributed by atoms with Crippen LogP contribution in [0.1, 0.15) is 21.6 Å². The average molecular weight is 273 g/mol. The molecule has 20 heavy (non-hydrogen) atoms. The zero-order valence-corrected chi connectivity index (χ0v) is 11.5. The third-order valence-electron chi connectivity index (χ3n) is 2.72. The summed E-state index contributed by atoms with van der Waals surface area (Å²) in [7, 11) is 1.50. The van der Waals surface area contributed by atoms with Gasteiger partial charge in [-0.25, -0.2) is 4.98 Å². The Bertz CT molecular complexity index is 656. The van der Waals surface area contributed by atoms with Crippen molar-refractivity contribution in [3.05, 3.63) is 41.1 Å². The number of hydrogen-bond donors (Lipinski definition) is 2. The second-order valence-electron chi connectivity index (χ2n) is 4.33. The van der Waals surface area contributed by atoms with Gasteiger partial charge in [-0.2, -0.15) is 4.98 Å². The lowest BCUT2D eigenvalue weighted by Gasteiger charge is -2.07. The highest BCUT2D eigenvalue weighted by molar-refractivity contribution is 6.03. The predicted octanol–water partition coefficient (Wildman–Crippen LogP) is 2.06. The number of nitrogens with one attached hydrogen (secondary N) is 1. The number of carbonyl (C=O) groups is 1. The Hall–Kier alpha value is -2.63. The van der Waals surface area contributed by atoms with Crippen molar-refractivity contribution < 1.29 is 14.6 Å². The first kappa shape index (κ1) is 13.8. The molecule has 0 fully saturated rings. The molecule has 1 amide bonds. The molecule has 0 aliphatic rings. The van der Waals surface area contributed by atoms with E-state index in [-0.39, 0.29) is 17.6 Å². The van der Waals surface area contributed by atoms with Crippen molar-refractivity contribution in [1.29, 1.82) is 0 Å². The maximum absolute atomic E-state index is 12.1. The van der Waals surface area contributed by atoms with Gasteiger partial charge < -0.3 is 9.84 Å². The third kappa shape index (κ3) is 3.03. The second-order valence-corrected chi connectivity index (χ2v) is 4.33. The van der Waals surface area contributed by atoms with E-state index < -0.39 is 0 Å². The van der Waals surface area contributed by atoms with E-state index in [1.165, 1.54) is 19.2 Å². The van der Waals surface area contributed by atoms with Gasteiger partial charge in [0, 0.05) is 17.3 Å². The van der Waals surface area contributed by atoms with E-state index in [0.717, 1.165) is 0 Å². The smallest absolute Gasteiger partial charge is 0.258 e. The highest BCUT2D eigenvalue weighted by atomic mass is 16.5. The van der Waals surface area contributed by atoms with Crippen LogP contribution in [0, 0.1) is 13.8 Å². The van der Waals surface area contributed by atoms with E-state index in [2.05, 4.69) is 15.3 Å². The Morgan fingerprint density at radius 3 is 2.65 bits per heavy atom. The van der Waals surface area contributed by atoms with E-state index in [9.17, 15) is 9.90 Å². The summed E-state index contributed by atoms with van der Waals surface area (Å²) in [5.41, 5.74) is 1.74. The number of ether oxygens (including phenoxy) is 1. The summed E-state index contributed by atoms with van der Waals surface area (Å²) >= 11 is 0. The number of phenolic OH excluding ortho intramolecular Hbond substituents is 1. The summed E-state index contributed by atoms with van der Waals surface area (Å²) in [6.07, 6.45) is 0. The van der Waals surface area contributed by atoms with Crippen LogP contribution in [0.5, 0.6) is 11.6 Å². The van der Waals surface area contributed by atoms with Crippen LogP contribution < -0.4 is 10.1 Å². The van der Waals surface area contributed by atoms with Gasteiger partial charge in [-0.15, -0.1) is 0 Å². The van der Waals surface area contributed by atoms with Gasteiger partial charge in [-0.05, 0) is 37.6 Å². The molecule has 1 heterocycles. The lowest BCUT2D eigenvalue weighted by Crippen LogP contribution is -2.15. The molecule has 0 atom stereocenters. The molecule has 0 radical (unpaired) electrons. The van der Waals surface area contributed by atoms with Crippen molar-refractivity contribution in [2.45, 2.75) is 13.8 Å². The molecule has 2 N–H and O–H groups in total. The van der Waals surface area contributed by atoms with Crippen LogP contribution in [0.15, 0.2) is 24.3 Å². The summed E-state index contributed by atoms with van der Waals surface area (Å²) in [4.78, 5) is 20.2. The fourth-order valence-electron chi connectivity index (χ4n) is 1.67. The minimum absolute atomic E-state index is 0.148. The lowest BCUT2D eigenvalue weighted by molar-refractivity contribution is 0.102. The fraction of sp³-hybridized carbons (Fsp3) is 0.214. The summed E-state index contributed by atoms with van der Waals surface area (Å²) in [5, 5.41) is 12.0. The van der Waals surface area contributed by atoms with Gasteiger partial charge in [-0.1, -0.05) is 0 Å². The molecule has 2 aromatic rings. The minimum Gasteiger partial charge on any atom is -0.508 e. The number of methoxy groups -OCH3 is 1. The van der Waals surface area contributed by atoms with Gasteiger partial charge in [0.2, 0.25) is 11.8 Å². The minimum atomic E-state index is -0.347. The van der Waals surface area contributed by atoms with Gasteiger partial charge in [0.05, 0.1) is 7.11 Å². The van der Waals surface area contributed by atoms with Crippen LogP contribution in [0.3, 0.4) is 0 Å². The molecule has 2 rings (SSSR count). The van der Waals surface area contributed by atoms with E-state index in [1.54, 1.807) is 26.0 Å². The van der Waals surface area contributed by atoms with Gasteiger partial charge in [0.15, 0.2) is 0 Å². The number of rotatable bonds is 3. The van der Waals surface area contributed by atoms with Crippen LogP contribution >= 0.6 is 0 Å². The normalized spacial score (nSPS) is 10.2. The molecule has 1 aromatic carbocycles. The van der Waals surface area contributed by atoms with Gasteiger partial charge in [0.25, 0.3) is 5.91 Å². The molecular formula is C14H15N3O3. The molecule has 0 bridgehead atoms. The van der Waals surface area contributed by atoms with Crippen LogP contribution in [0.2, 0.25) is 0 Å². The Kier molecular flexibility index (Phi) is 3.84. The Labute approximate surface area is 116 Å². The van der Waals surface area contributed by atoms with E-state index in [4.69, 9.17) is 4.74 Å². The van der Waals surface area contributed by atoms with E-state index in [1.807, 2.05) is 0 Å². The highest BCUT2D eigenvalue weighted by Crippen LogP contribution is 2.18. The number of benzene rings is 1. The van der Waals surface area contributed by atoms with Crippen molar-refractivity contribution in [3.63, 3.8) is 0 Å². The third-order valence-corrected chi connectivity index (χ3v) is 2.72. The summed E-state index contributed by atoms with van der Waals surface area (Å²) in [6.45, 7) is 3.50. The highest BCUT2D eigenvalue weighted by Gasteiger charge is 2.10. The second kappa shape index (κ2) is 5.56. The van der Waals surface area contributed by atoms with Gasteiger partial charge in [0.1, 0.15) is 5.75 Å². The van der Waals surface area contributed by atoms with Gasteiger partial charge >= 0.3 is 0 Å². The standard InChI is InChI=1S/C14H15N3O3/c1-8-6-10(4-5-11(8)18)13(19)17-14-15-9(2)7-12(16-14)20-3/h4-7,18H,1-3H3,(H,15,16,17,19). The number of phenols is 1. The molecular weight excluding hydrogens is 258 g/mol. The van der Waals surface area contributed by atoms with Crippen LogP contribution in [0.25, 0.3) is 0 Å². The number of aryl methyl sites for hydroxylation is 2. The predicted molar refractivity (Wildman–Crippen MR) is 74.1 cm³/mol. The Balaban J connectivity index is 2.23. The monoisotopic (exact) mass is 273 g/mol. The SMILES string of the molecule is COc1cc(C)nc(NC(=O)c2ccc(O)c(C)c2)n1. The molecule has 1 aromatic heterocycles. The maximum Gasteiger partial charge on any atom is 0.258 e. The largest absolute Gasteiger partial charge is 0.508 e. The molecule has 0 spiro atoms. The first-order valence-electron chi connectivity index (χ1n) is 6.00. The number of aromatic hydroxyl groups is 1. The first-order valence-corrected chi connectivity index (χ1v) is 6.00. The van der Waals surface area contributed by atoms with Crippen molar-refractivity contribution in [1.82, 2.24) is 9.97 Å². The van der Waals surface area contributed by atoms with Crippen LogP contribution in [0.4, 0.5) is 5.95 Å². The molecule has 6 heteroatoms. The summed E-state index contributed by atoms with van der Waals surface area (Å²) < 4.78 is 5.02. The topological polar surface area (TPSA) is 84.3 Å². The maximum atomic E-state index is 12.1. The van der Waals surface area contributed by atoms with Crippen LogP contribution in [-0.4, -0.2) is 28.1 Å². The number of aromatic nitrogens is 2. The molecule has 0 aliphatic carbocycles. The van der Waals surface area contributed by atoms with Crippen molar-refractivity contribution in [2.75, 3.05) is 12.4 Å². The molecule has 0 saturated carbocycles. The molecule has 104 valence electrons. The molecule has 0 unspecified atom stereocenters. The van der Waals surface area contributed by atoms with Crippen LogP contribution in [-0.2, 0) is 0 Å². The summed E-state index contributed by atoms with van der Waals surface area (Å²) in [6, 6.07) is 6.27. The Morgan fingerprint density at radius 2 is 2.00 bits per heavy atom. The fourth-order valence-corrected chi connectivity index (χ4v) is 1.67. The number of anilines is 1. The van der Waals surface area contributed by atoms with Crippen molar-refractivity contribution in [2.24, 2.45) is 0 Å². The zero-order chi connectivity index (χ0) is 14.7. The molecule has 6 nitrogen and oxygen atoms in total. The van der Waals surface area contributed by atoms with Crippen molar-refractivity contribution >= 4 is 11.9 Å².